The first-order chi connectivity index (χ1) is 5.22. The smallest absolute Gasteiger partial charge is 0.234 e. The van der Waals surface area contributed by atoms with E-state index < -0.39 is 0 Å². The van der Waals surface area contributed by atoms with E-state index >= 15 is 0 Å². The van der Waals surface area contributed by atoms with E-state index in [-0.39, 0.29) is 11.9 Å². The summed E-state index contributed by atoms with van der Waals surface area (Å²) in [6.07, 6.45) is 0. The monoisotopic (exact) mass is 158 g/mol. The summed E-state index contributed by atoms with van der Waals surface area (Å²) >= 11 is 0. The summed E-state index contributed by atoms with van der Waals surface area (Å²) in [5, 5.41) is 0. The Morgan fingerprint density at radius 1 is 1.55 bits per heavy atom. The molecular weight excluding hydrogens is 144 g/mol. The highest BCUT2D eigenvalue weighted by Gasteiger charge is 2.20. The fraction of sp³-hybridized carbons (Fsp3) is 0.857. The first kappa shape index (κ1) is 8.49. The first-order valence-electron chi connectivity index (χ1n) is 3.83. The molecule has 1 rings (SSSR count). The van der Waals surface area contributed by atoms with Gasteiger partial charge in [-0.25, -0.2) is 0 Å². The average Bonchev–Trinajstić information content (AvgIpc) is 2.05. The highest BCUT2D eigenvalue weighted by atomic mass is 16.5. The van der Waals surface area contributed by atoms with Crippen LogP contribution in [0.2, 0.25) is 0 Å². The topological polar surface area (TPSA) is 55.6 Å². The zero-order chi connectivity index (χ0) is 8.27. The zero-order valence-electron chi connectivity index (χ0n) is 6.75. The maximum atomic E-state index is 10.7. The van der Waals surface area contributed by atoms with E-state index in [2.05, 4.69) is 0 Å². The predicted octanol–water partition coefficient (Wildman–Crippen LogP) is -0.808. The van der Waals surface area contributed by atoms with E-state index in [1.54, 1.807) is 0 Å². The lowest BCUT2D eigenvalue weighted by Crippen LogP contribution is -2.48. The molecule has 1 saturated heterocycles. The third-order valence-electron chi connectivity index (χ3n) is 2.01. The lowest BCUT2D eigenvalue weighted by molar-refractivity contribution is -0.124. The van der Waals surface area contributed by atoms with Crippen molar-refractivity contribution < 1.29 is 9.53 Å². The largest absolute Gasteiger partial charge is 0.379 e. The van der Waals surface area contributed by atoms with Crippen molar-refractivity contribution in [1.82, 2.24) is 4.90 Å². The summed E-state index contributed by atoms with van der Waals surface area (Å²) in [5.41, 5.74) is 5.15. The van der Waals surface area contributed by atoms with Crippen molar-refractivity contribution in [3.05, 3.63) is 0 Å². The zero-order valence-corrected chi connectivity index (χ0v) is 6.75. The van der Waals surface area contributed by atoms with Crippen LogP contribution in [0.1, 0.15) is 6.92 Å². The molecule has 1 aliphatic heterocycles. The number of hydrogen-bond donors (Lipinski definition) is 1. The number of carbonyl (C=O) groups excluding carboxylic acids is 1. The molecule has 0 aromatic rings. The number of nitrogens with zero attached hydrogens (tertiary/aromatic N) is 1. The van der Waals surface area contributed by atoms with Crippen molar-refractivity contribution >= 4 is 5.91 Å². The summed E-state index contributed by atoms with van der Waals surface area (Å²) in [6, 6.07) is -0.154. The molecular formula is C7H14N2O2. The van der Waals surface area contributed by atoms with Crippen molar-refractivity contribution in [1.29, 1.82) is 0 Å². The second-order valence-electron chi connectivity index (χ2n) is 2.73. The number of hydrogen-bond acceptors (Lipinski definition) is 3. The van der Waals surface area contributed by atoms with Gasteiger partial charge >= 0.3 is 0 Å². The number of nitrogens with two attached hydrogens (primary N) is 1. The van der Waals surface area contributed by atoms with Crippen LogP contribution in [-0.4, -0.2) is 43.2 Å². The Hall–Kier alpha value is -0.610. The van der Waals surface area contributed by atoms with Crippen LogP contribution in [0.5, 0.6) is 0 Å². The molecule has 0 aliphatic carbocycles. The van der Waals surface area contributed by atoms with Crippen molar-refractivity contribution in [2.24, 2.45) is 5.73 Å². The average molecular weight is 158 g/mol. The summed E-state index contributed by atoms with van der Waals surface area (Å²) in [5.74, 6) is -0.257. The number of morpholine rings is 1. The highest BCUT2D eigenvalue weighted by molar-refractivity contribution is 5.79. The van der Waals surface area contributed by atoms with Crippen molar-refractivity contribution in [3.8, 4) is 0 Å². The maximum absolute atomic E-state index is 10.7. The molecule has 1 atom stereocenters. The van der Waals surface area contributed by atoms with Crippen LogP contribution in [0.4, 0.5) is 0 Å². The third kappa shape index (κ3) is 2.17. The molecule has 11 heavy (non-hydrogen) atoms. The van der Waals surface area contributed by atoms with E-state index in [0.29, 0.717) is 13.2 Å². The lowest BCUT2D eigenvalue weighted by Gasteiger charge is -2.30. The standard InChI is InChI=1S/C7H14N2O2/c1-6(7(8)10)9-2-4-11-5-3-9/h6H,2-5H2,1H3,(H2,8,10)/t6-/m0/s1. The lowest BCUT2D eigenvalue weighted by atomic mass is 10.2. The number of ether oxygens (including phenoxy) is 1. The molecule has 0 bridgehead atoms. The maximum Gasteiger partial charge on any atom is 0.234 e. The van der Waals surface area contributed by atoms with Crippen molar-refractivity contribution in [2.45, 2.75) is 13.0 Å². The minimum Gasteiger partial charge on any atom is -0.379 e. The second kappa shape index (κ2) is 3.69. The fourth-order valence-corrected chi connectivity index (χ4v) is 1.14. The summed E-state index contributed by atoms with van der Waals surface area (Å²) in [7, 11) is 0. The molecule has 0 radical (unpaired) electrons. The van der Waals surface area contributed by atoms with Gasteiger partial charge in [0.1, 0.15) is 0 Å². The van der Waals surface area contributed by atoms with Crippen molar-refractivity contribution in [2.75, 3.05) is 26.3 Å². The Balaban J connectivity index is 2.38. The molecule has 4 heteroatoms. The predicted molar refractivity (Wildman–Crippen MR) is 41.0 cm³/mol. The Morgan fingerprint density at radius 2 is 2.09 bits per heavy atom. The summed E-state index contributed by atoms with van der Waals surface area (Å²) in [6.45, 7) is 4.86. The van der Waals surface area contributed by atoms with Crippen LogP contribution in [-0.2, 0) is 9.53 Å². The van der Waals surface area contributed by atoms with Crippen LogP contribution >= 0.6 is 0 Å². The van der Waals surface area contributed by atoms with Gasteiger partial charge in [-0.1, -0.05) is 0 Å². The number of carbonyl (C=O) groups is 1. The van der Waals surface area contributed by atoms with Gasteiger partial charge in [0.25, 0.3) is 0 Å². The molecule has 0 aromatic carbocycles. The molecule has 0 aromatic heterocycles. The van der Waals surface area contributed by atoms with Crippen molar-refractivity contribution in [3.63, 3.8) is 0 Å². The Bertz CT molecular complexity index is 143. The minimum absolute atomic E-state index is 0.154. The molecule has 0 spiro atoms. The normalized spacial score (nSPS) is 23.0. The van der Waals surface area contributed by atoms with E-state index in [1.807, 2.05) is 11.8 Å². The van der Waals surface area contributed by atoms with Gasteiger partial charge in [-0.3, -0.25) is 9.69 Å². The first-order valence-corrected chi connectivity index (χ1v) is 3.83. The number of rotatable bonds is 2. The van der Waals surface area contributed by atoms with E-state index in [9.17, 15) is 4.79 Å². The van der Waals surface area contributed by atoms with Crippen LogP contribution in [0, 0.1) is 0 Å². The van der Waals surface area contributed by atoms with Gasteiger partial charge in [0.15, 0.2) is 0 Å². The minimum atomic E-state index is -0.257. The summed E-state index contributed by atoms with van der Waals surface area (Å²) in [4.78, 5) is 12.8. The van der Waals surface area contributed by atoms with Gasteiger partial charge in [-0.15, -0.1) is 0 Å². The Labute approximate surface area is 66.3 Å². The van der Waals surface area contributed by atoms with Crippen LogP contribution in [0.3, 0.4) is 0 Å². The number of amides is 1. The van der Waals surface area contributed by atoms with Gasteiger partial charge < -0.3 is 10.5 Å². The van der Waals surface area contributed by atoms with Gasteiger partial charge in [-0.05, 0) is 6.92 Å². The fourth-order valence-electron chi connectivity index (χ4n) is 1.14. The highest BCUT2D eigenvalue weighted by Crippen LogP contribution is 2.01. The van der Waals surface area contributed by atoms with Crippen LogP contribution < -0.4 is 5.73 Å². The van der Waals surface area contributed by atoms with Gasteiger partial charge in [-0.2, -0.15) is 0 Å². The van der Waals surface area contributed by atoms with Gasteiger partial charge in [0.05, 0.1) is 19.3 Å². The molecule has 0 saturated carbocycles. The third-order valence-corrected chi connectivity index (χ3v) is 2.01. The molecule has 1 heterocycles. The second-order valence-corrected chi connectivity index (χ2v) is 2.73. The Kier molecular flexibility index (Phi) is 2.84. The molecule has 64 valence electrons. The van der Waals surface area contributed by atoms with Gasteiger partial charge in [0.2, 0.25) is 5.91 Å². The van der Waals surface area contributed by atoms with Crippen LogP contribution in [0.15, 0.2) is 0 Å². The quantitative estimate of drug-likeness (QED) is 0.572. The molecule has 4 nitrogen and oxygen atoms in total. The van der Waals surface area contributed by atoms with Gasteiger partial charge in [0, 0.05) is 13.1 Å². The Morgan fingerprint density at radius 3 is 2.55 bits per heavy atom. The summed E-state index contributed by atoms with van der Waals surface area (Å²) < 4.78 is 5.14. The van der Waals surface area contributed by atoms with E-state index in [4.69, 9.17) is 10.5 Å². The molecule has 0 unspecified atom stereocenters. The SMILES string of the molecule is C[C@@H](C(N)=O)N1CCOCC1. The molecule has 1 fully saturated rings. The number of primary amides is 1. The van der Waals surface area contributed by atoms with E-state index in [1.165, 1.54) is 0 Å². The van der Waals surface area contributed by atoms with E-state index in [0.717, 1.165) is 13.1 Å². The molecule has 1 amide bonds. The van der Waals surface area contributed by atoms with Crippen LogP contribution in [0.25, 0.3) is 0 Å². The molecule has 2 N–H and O–H groups in total. The molecule has 1 aliphatic rings.